The van der Waals surface area contributed by atoms with Gasteiger partial charge in [-0.3, -0.25) is 4.79 Å². The van der Waals surface area contributed by atoms with Gasteiger partial charge in [0.05, 0.1) is 35.3 Å². The molecule has 11 heteroatoms. The SMILES string of the molecule is CC(C)c1coc([C@H](Nc2nc3nsnc3nc2Nc2cccc(C(=O)N(C)C)c2O)C(C)(C)C)c1. The first kappa shape index (κ1) is 25.4. The van der Waals surface area contributed by atoms with Gasteiger partial charge >= 0.3 is 0 Å². The number of benzene rings is 1. The predicted octanol–water partition coefficient (Wildman–Crippen LogP) is 5.55. The largest absolute Gasteiger partial charge is 0.505 e. The van der Waals surface area contributed by atoms with E-state index in [0.29, 0.717) is 34.5 Å². The third kappa shape index (κ3) is 5.11. The highest BCUT2D eigenvalue weighted by Crippen LogP contribution is 2.40. The minimum atomic E-state index is -0.314. The Morgan fingerprint density at radius 1 is 1.11 bits per heavy atom. The Bertz CT molecular complexity index is 1390. The molecule has 3 aromatic heterocycles. The molecule has 190 valence electrons. The van der Waals surface area contributed by atoms with E-state index in [4.69, 9.17) is 4.42 Å². The van der Waals surface area contributed by atoms with Crippen LogP contribution in [0.3, 0.4) is 0 Å². The number of para-hydroxylation sites is 1. The maximum atomic E-state index is 12.5. The number of furan rings is 1. The molecule has 3 heterocycles. The van der Waals surface area contributed by atoms with E-state index in [2.05, 4.69) is 70.0 Å². The Kier molecular flexibility index (Phi) is 6.85. The standard InChI is InChI=1S/C25H31N7O3S/c1-13(2)14-11-17(35-12-14)19(25(3,4)5)27-21-20(28-22-23(29-21)31-36-30-22)26-16-10-8-9-15(18(16)33)24(34)32(6)7/h8-13,19,33H,1-7H3,(H,26,28,30)(H,27,29,31)/t19-/m0/s1. The lowest BCUT2D eigenvalue weighted by Gasteiger charge is -2.30. The van der Waals surface area contributed by atoms with Crippen molar-refractivity contribution in [1.29, 1.82) is 0 Å². The maximum Gasteiger partial charge on any atom is 0.257 e. The first-order valence-electron chi connectivity index (χ1n) is 11.6. The van der Waals surface area contributed by atoms with Gasteiger partial charge in [-0.2, -0.15) is 8.75 Å². The fourth-order valence-corrected chi connectivity index (χ4v) is 4.13. The molecular formula is C25H31N7O3S. The molecule has 0 saturated heterocycles. The van der Waals surface area contributed by atoms with Gasteiger partial charge in [0, 0.05) is 14.1 Å². The van der Waals surface area contributed by atoms with Gasteiger partial charge in [-0.15, -0.1) is 0 Å². The second-order valence-corrected chi connectivity index (χ2v) is 10.8. The number of carbonyl (C=O) groups excluding carboxylic acids is 1. The van der Waals surface area contributed by atoms with Gasteiger partial charge in [-0.25, -0.2) is 9.97 Å². The molecule has 0 radical (unpaired) electrons. The van der Waals surface area contributed by atoms with Crippen molar-refractivity contribution in [1.82, 2.24) is 23.6 Å². The van der Waals surface area contributed by atoms with Crippen molar-refractivity contribution in [3.8, 4) is 5.75 Å². The number of amides is 1. The van der Waals surface area contributed by atoms with Crippen molar-refractivity contribution in [3.05, 3.63) is 47.4 Å². The second-order valence-electron chi connectivity index (χ2n) is 10.2. The minimum Gasteiger partial charge on any atom is -0.505 e. The number of phenols is 1. The zero-order valence-electron chi connectivity index (χ0n) is 21.4. The smallest absolute Gasteiger partial charge is 0.257 e. The van der Waals surface area contributed by atoms with E-state index in [9.17, 15) is 9.90 Å². The summed E-state index contributed by atoms with van der Waals surface area (Å²) in [6, 6.07) is 6.73. The van der Waals surface area contributed by atoms with Gasteiger partial charge in [0.15, 0.2) is 17.4 Å². The summed E-state index contributed by atoms with van der Waals surface area (Å²) in [6.45, 7) is 10.6. The van der Waals surface area contributed by atoms with Crippen LogP contribution in [0.15, 0.2) is 34.9 Å². The van der Waals surface area contributed by atoms with Gasteiger partial charge < -0.3 is 25.1 Å². The zero-order valence-corrected chi connectivity index (χ0v) is 22.3. The van der Waals surface area contributed by atoms with Crippen LogP contribution in [0.2, 0.25) is 0 Å². The molecule has 0 bridgehead atoms. The lowest BCUT2D eigenvalue weighted by molar-refractivity contribution is 0.0824. The predicted molar refractivity (Wildman–Crippen MR) is 141 cm³/mol. The summed E-state index contributed by atoms with van der Waals surface area (Å²) >= 11 is 1.02. The number of phenolic OH excluding ortho intramolecular Hbond substituents is 1. The molecule has 0 fully saturated rings. The van der Waals surface area contributed by atoms with E-state index in [1.54, 1.807) is 38.6 Å². The summed E-state index contributed by atoms with van der Waals surface area (Å²) in [6.07, 6.45) is 1.78. The molecule has 1 amide bonds. The average Bonchev–Trinajstić information content (AvgIpc) is 3.46. The molecule has 3 N–H and O–H groups in total. The van der Waals surface area contributed by atoms with E-state index >= 15 is 0 Å². The van der Waals surface area contributed by atoms with Crippen LogP contribution in [0.1, 0.15) is 68.3 Å². The van der Waals surface area contributed by atoms with Crippen LogP contribution in [0.5, 0.6) is 5.75 Å². The summed E-state index contributed by atoms with van der Waals surface area (Å²) in [7, 11) is 3.26. The quantitative estimate of drug-likeness (QED) is 0.275. The number of carbonyl (C=O) groups is 1. The van der Waals surface area contributed by atoms with Crippen molar-refractivity contribution in [2.75, 3.05) is 24.7 Å². The number of hydrogen-bond acceptors (Lipinski definition) is 10. The van der Waals surface area contributed by atoms with Gasteiger partial charge in [0.1, 0.15) is 5.76 Å². The van der Waals surface area contributed by atoms with Gasteiger partial charge in [0.25, 0.3) is 5.91 Å². The number of rotatable bonds is 7. The molecule has 4 rings (SSSR count). The highest BCUT2D eigenvalue weighted by atomic mass is 32.1. The van der Waals surface area contributed by atoms with Crippen molar-refractivity contribution in [2.24, 2.45) is 5.41 Å². The van der Waals surface area contributed by atoms with E-state index in [0.717, 1.165) is 23.1 Å². The number of nitrogens with zero attached hydrogens (tertiary/aromatic N) is 5. The number of hydrogen-bond donors (Lipinski definition) is 3. The number of aromatic nitrogens is 4. The Morgan fingerprint density at radius 3 is 2.36 bits per heavy atom. The molecule has 10 nitrogen and oxygen atoms in total. The minimum absolute atomic E-state index is 0.174. The molecule has 0 aliphatic carbocycles. The fourth-order valence-electron chi connectivity index (χ4n) is 3.68. The lowest BCUT2D eigenvalue weighted by Crippen LogP contribution is -2.26. The van der Waals surface area contributed by atoms with Crippen LogP contribution < -0.4 is 10.6 Å². The topological polar surface area (TPSA) is 129 Å². The molecule has 1 aromatic carbocycles. The van der Waals surface area contributed by atoms with Crippen LogP contribution in [-0.2, 0) is 0 Å². The van der Waals surface area contributed by atoms with E-state index in [1.807, 2.05) is 0 Å². The highest BCUT2D eigenvalue weighted by Gasteiger charge is 2.31. The third-order valence-electron chi connectivity index (χ3n) is 5.78. The summed E-state index contributed by atoms with van der Waals surface area (Å²) in [5, 5.41) is 17.5. The molecule has 1 atom stereocenters. The number of aromatic hydroxyl groups is 1. The van der Waals surface area contributed by atoms with Crippen LogP contribution in [-0.4, -0.2) is 48.7 Å². The van der Waals surface area contributed by atoms with Gasteiger partial charge in [0.2, 0.25) is 11.3 Å². The lowest BCUT2D eigenvalue weighted by atomic mass is 9.85. The van der Waals surface area contributed by atoms with E-state index in [1.165, 1.54) is 4.90 Å². The Labute approximate surface area is 214 Å². The number of nitrogens with one attached hydrogen (secondary N) is 2. The molecule has 0 aliphatic rings. The normalized spacial score (nSPS) is 12.7. The molecule has 4 aromatic rings. The van der Waals surface area contributed by atoms with Crippen molar-refractivity contribution < 1.29 is 14.3 Å². The van der Waals surface area contributed by atoms with Crippen LogP contribution in [0, 0.1) is 5.41 Å². The van der Waals surface area contributed by atoms with Crippen LogP contribution in [0.25, 0.3) is 11.3 Å². The molecule has 0 unspecified atom stereocenters. The molecule has 36 heavy (non-hydrogen) atoms. The van der Waals surface area contributed by atoms with Gasteiger partial charge in [-0.1, -0.05) is 40.7 Å². The summed E-state index contributed by atoms with van der Waals surface area (Å²) in [5.74, 6) is 1.37. The van der Waals surface area contributed by atoms with Crippen molar-refractivity contribution >= 4 is 46.3 Å². The Hall–Kier alpha value is -3.73. The van der Waals surface area contributed by atoms with Crippen LogP contribution in [0.4, 0.5) is 17.3 Å². The highest BCUT2D eigenvalue weighted by molar-refractivity contribution is 6.99. The molecular weight excluding hydrogens is 478 g/mol. The molecule has 0 aliphatic heterocycles. The second kappa shape index (κ2) is 9.73. The average molecular weight is 510 g/mol. The third-order valence-corrected chi connectivity index (χ3v) is 6.29. The molecule has 0 saturated carbocycles. The molecule has 0 spiro atoms. The summed E-state index contributed by atoms with van der Waals surface area (Å²) < 4.78 is 14.4. The summed E-state index contributed by atoms with van der Waals surface area (Å²) in [4.78, 5) is 23.2. The zero-order chi connectivity index (χ0) is 26.2. The van der Waals surface area contributed by atoms with Crippen molar-refractivity contribution in [3.63, 3.8) is 0 Å². The number of fused-ring (bicyclic) bond motifs is 1. The number of anilines is 3. The fraction of sp³-hybridized carbons (Fsp3) is 0.400. The summed E-state index contributed by atoms with van der Waals surface area (Å²) in [5.41, 5.74) is 2.13. The Balaban J connectivity index is 1.77. The Morgan fingerprint density at radius 2 is 1.78 bits per heavy atom. The maximum absolute atomic E-state index is 12.5. The van der Waals surface area contributed by atoms with Gasteiger partial charge in [-0.05, 0) is 35.1 Å². The van der Waals surface area contributed by atoms with E-state index in [-0.39, 0.29) is 28.7 Å². The monoisotopic (exact) mass is 509 g/mol. The van der Waals surface area contributed by atoms with Crippen LogP contribution >= 0.6 is 11.7 Å². The first-order valence-corrected chi connectivity index (χ1v) is 12.3. The first-order chi connectivity index (χ1) is 17.0. The van der Waals surface area contributed by atoms with Crippen molar-refractivity contribution in [2.45, 2.75) is 46.6 Å². The van der Waals surface area contributed by atoms with E-state index < -0.39 is 0 Å².